The molecule has 0 saturated carbocycles. The predicted octanol–water partition coefficient (Wildman–Crippen LogP) is 3.32. The maximum Gasteiger partial charge on any atom is 0.338 e. The van der Waals surface area contributed by atoms with Crippen LogP contribution in [0.5, 0.6) is 0 Å². The lowest BCUT2D eigenvalue weighted by Gasteiger charge is -2.13. The van der Waals surface area contributed by atoms with Crippen LogP contribution in [0.15, 0.2) is 83.8 Å². The van der Waals surface area contributed by atoms with E-state index < -0.39 is 28.5 Å². The third-order valence-corrected chi connectivity index (χ3v) is 6.52. The molecule has 0 aliphatic rings. The lowest BCUT2D eigenvalue weighted by molar-refractivity contribution is -0.119. The Morgan fingerprint density at radius 2 is 1.59 bits per heavy atom. The first kappa shape index (κ1) is 23.2. The quantitative estimate of drug-likeness (QED) is 0.529. The lowest BCUT2D eigenvalue weighted by atomic mass is 10.00. The summed E-state index contributed by atoms with van der Waals surface area (Å²) in [6, 6.07) is 22.7. The largest absolute Gasteiger partial charge is 0.452 e. The van der Waals surface area contributed by atoms with Crippen molar-refractivity contribution in [1.29, 1.82) is 0 Å². The van der Waals surface area contributed by atoms with Gasteiger partial charge in [-0.1, -0.05) is 54.6 Å². The second kappa shape index (κ2) is 10.2. The van der Waals surface area contributed by atoms with Gasteiger partial charge in [-0.2, -0.15) is 0 Å². The van der Waals surface area contributed by atoms with Crippen LogP contribution < -0.4 is 5.32 Å². The highest BCUT2D eigenvalue weighted by atomic mass is 32.2. The molecule has 3 aromatic rings. The van der Waals surface area contributed by atoms with Gasteiger partial charge in [0.1, 0.15) is 0 Å². The van der Waals surface area contributed by atoms with Gasteiger partial charge in [0.05, 0.1) is 10.5 Å². The minimum absolute atomic E-state index is 0.0483. The Morgan fingerprint density at radius 3 is 2.31 bits per heavy atom. The Hall–Kier alpha value is -3.49. The van der Waals surface area contributed by atoms with Crippen molar-refractivity contribution in [2.75, 3.05) is 26.0 Å². The molecule has 3 aromatic carbocycles. The molecule has 0 radical (unpaired) electrons. The number of anilines is 1. The summed E-state index contributed by atoms with van der Waals surface area (Å²) < 4.78 is 30.8. The maximum atomic E-state index is 12.6. The van der Waals surface area contributed by atoms with Crippen LogP contribution in [0.1, 0.15) is 21.5 Å². The summed E-state index contributed by atoms with van der Waals surface area (Å²) in [6.07, 6.45) is 0.561. The summed E-state index contributed by atoms with van der Waals surface area (Å²) in [5, 5.41) is 2.56. The number of benzene rings is 3. The fourth-order valence-electron chi connectivity index (χ4n) is 3.04. The van der Waals surface area contributed by atoms with Crippen LogP contribution in [0.3, 0.4) is 0 Å². The number of nitrogens with zero attached hydrogens (tertiary/aromatic N) is 1. The maximum absolute atomic E-state index is 12.6. The van der Waals surface area contributed by atoms with E-state index in [-0.39, 0.29) is 4.90 Å². The minimum Gasteiger partial charge on any atom is -0.452 e. The van der Waals surface area contributed by atoms with E-state index in [0.717, 1.165) is 15.4 Å². The molecule has 0 aliphatic heterocycles. The van der Waals surface area contributed by atoms with E-state index in [9.17, 15) is 18.0 Å². The molecule has 7 nitrogen and oxygen atoms in total. The van der Waals surface area contributed by atoms with E-state index in [1.165, 1.54) is 32.3 Å². The molecule has 3 rings (SSSR count). The van der Waals surface area contributed by atoms with Crippen molar-refractivity contribution >= 4 is 27.6 Å². The molecule has 0 spiro atoms. The fraction of sp³-hybridized carbons (Fsp3) is 0.167. The van der Waals surface area contributed by atoms with Gasteiger partial charge < -0.3 is 10.1 Å². The molecule has 0 fully saturated rings. The second-order valence-corrected chi connectivity index (χ2v) is 9.41. The van der Waals surface area contributed by atoms with Crippen molar-refractivity contribution in [3.8, 4) is 0 Å². The summed E-state index contributed by atoms with van der Waals surface area (Å²) in [4.78, 5) is 24.9. The number of carbonyl (C=O) groups excluding carboxylic acids is 2. The zero-order valence-electron chi connectivity index (χ0n) is 17.8. The lowest BCUT2D eigenvalue weighted by Crippen LogP contribution is -2.23. The summed E-state index contributed by atoms with van der Waals surface area (Å²) in [5.74, 6) is -1.17. The molecular formula is C24H24N2O5S. The molecule has 0 bridgehead atoms. The minimum atomic E-state index is -3.63. The van der Waals surface area contributed by atoms with Crippen molar-refractivity contribution in [3.05, 3.63) is 95.6 Å². The van der Waals surface area contributed by atoms with E-state index in [1.54, 1.807) is 18.2 Å². The Morgan fingerprint density at radius 1 is 0.906 bits per heavy atom. The Kier molecular flexibility index (Phi) is 7.40. The second-order valence-electron chi connectivity index (χ2n) is 7.26. The predicted molar refractivity (Wildman–Crippen MR) is 122 cm³/mol. The van der Waals surface area contributed by atoms with Gasteiger partial charge in [0.15, 0.2) is 6.61 Å². The van der Waals surface area contributed by atoms with Crippen LogP contribution >= 0.6 is 0 Å². The standard InChI is InChI=1S/C24H24N2O5S/c1-26(2)32(29,30)21-13-8-12-20(16-21)25-23(27)17-31-24(28)22-14-7-6-11-19(22)15-18-9-4-3-5-10-18/h3-14,16H,15,17H2,1-2H3,(H,25,27). The molecule has 0 unspecified atom stereocenters. The van der Waals surface area contributed by atoms with Gasteiger partial charge in [-0.05, 0) is 41.8 Å². The first-order chi connectivity index (χ1) is 15.3. The molecular weight excluding hydrogens is 428 g/mol. The average molecular weight is 453 g/mol. The zero-order valence-corrected chi connectivity index (χ0v) is 18.6. The van der Waals surface area contributed by atoms with E-state index in [4.69, 9.17) is 4.74 Å². The molecule has 1 amide bonds. The van der Waals surface area contributed by atoms with Crippen molar-refractivity contribution in [3.63, 3.8) is 0 Å². The number of amides is 1. The van der Waals surface area contributed by atoms with Crippen molar-refractivity contribution in [1.82, 2.24) is 4.31 Å². The zero-order chi connectivity index (χ0) is 23.1. The third kappa shape index (κ3) is 5.81. The van der Waals surface area contributed by atoms with E-state index in [2.05, 4.69) is 5.32 Å². The third-order valence-electron chi connectivity index (χ3n) is 4.71. The summed E-state index contributed by atoms with van der Waals surface area (Å²) in [5.41, 5.74) is 2.53. The molecule has 0 aromatic heterocycles. The smallest absolute Gasteiger partial charge is 0.338 e. The number of nitrogens with one attached hydrogen (secondary N) is 1. The van der Waals surface area contributed by atoms with Crippen LogP contribution in [0.25, 0.3) is 0 Å². The SMILES string of the molecule is CN(C)S(=O)(=O)c1cccc(NC(=O)COC(=O)c2ccccc2Cc2ccccc2)c1. The van der Waals surface area contributed by atoms with E-state index in [0.29, 0.717) is 17.7 Å². The van der Waals surface area contributed by atoms with Crippen LogP contribution in [-0.4, -0.2) is 45.3 Å². The number of rotatable bonds is 8. The van der Waals surface area contributed by atoms with Crippen LogP contribution in [0.2, 0.25) is 0 Å². The molecule has 166 valence electrons. The Labute approximate surface area is 187 Å². The normalized spacial score (nSPS) is 11.2. The summed E-state index contributed by atoms with van der Waals surface area (Å²) in [6.45, 7) is -0.497. The fourth-order valence-corrected chi connectivity index (χ4v) is 3.99. The van der Waals surface area contributed by atoms with Crippen molar-refractivity contribution in [2.24, 2.45) is 0 Å². The van der Waals surface area contributed by atoms with Crippen molar-refractivity contribution in [2.45, 2.75) is 11.3 Å². The Balaban J connectivity index is 1.63. The van der Waals surface area contributed by atoms with E-state index >= 15 is 0 Å². The van der Waals surface area contributed by atoms with Gasteiger partial charge in [0, 0.05) is 19.8 Å². The van der Waals surface area contributed by atoms with E-state index in [1.807, 2.05) is 42.5 Å². The average Bonchev–Trinajstić information content (AvgIpc) is 2.78. The Bertz CT molecular complexity index is 1210. The van der Waals surface area contributed by atoms with Gasteiger partial charge in [-0.15, -0.1) is 0 Å². The molecule has 8 heteroatoms. The number of hydrogen-bond donors (Lipinski definition) is 1. The molecule has 32 heavy (non-hydrogen) atoms. The topological polar surface area (TPSA) is 92.8 Å². The van der Waals surface area contributed by atoms with Gasteiger partial charge in [0.2, 0.25) is 10.0 Å². The number of esters is 1. The van der Waals surface area contributed by atoms with Gasteiger partial charge in [0.25, 0.3) is 5.91 Å². The molecule has 0 atom stereocenters. The van der Waals surface area contributed by atoms with Gasteiger partial charge in [-0.3, -0.25) is 4.79 Å². The van der Waals surface area contributed by atoms with Gasteiger partial charge >= 0.3 is 5.97 Å². The number of carbonyl (C=O) groups is 2. The highest BCUT2D eigenvalue weighted by Gasteiger charge is 2.18. The van der Waals surface area contributed by atoms with Gasteiger partial charge in [-0.25, -0.2) is 17.5 Å². The first-order valence-corrected chi connectivity index (χ1v) is 11.3. The number of ether oxygens (including phenoxy) is 1. The summed E-state index contributed by atoms with van der Waals surface area (Å²) >= 11 is 0. The molecule has 0 heterocycles. The number of sulfonamides is 1. The first-order valence-electron chi connectivity index (χ1n) is 9.89. The molecule has 0 aliphatic carbocycles. The van der Waals surface area contributed by atoms with Crippen LogP contribution in [0, 0.1) is 0 Å². The summed E-state index contributed by atoms with van der Waals surface area (Å²) in [7, 11) is -0.778. The van der Waals surface area contributed by atoms with Crippen molar-refractivity contribution < 1.29 is 22.7 Å². The molecule has 0 saturated heterocycles. The highest BCUT2D eigenvalue weighted by Crippen LogP contribution is 2.18. The number of hydrogen-bond acceptors (Lipinski definition) is 5. The van der Waals surface area contributed by atoms with Crippen LogP contribution in [0.4, 0.5) is 5.69 Å². The molecule has 1 N–H and O–H groups in total. The van der Waals surface area contributed by atoms with Crippen LogP contribution in [-0.2, 0) is 26.0 Å². The highest BCUT2D eigenvalue weighted by molar-refractivity contribution is 7.89. The monoisotopic (exact) mass is 452 g/mol.